The molecule has 1 aliphatic rings. The summed E-state index contributed by atoms with van der Waals surface area (Å²) in [5.74, 6) is -0.550. The Morgan fingerprint density at radius 2 is 1.73 bits per heavy atom. The van der Waals surface area contributed by atoms with Gasteiger partial charge in [-0.3, -0.25) is 9.59 Å². The van der Waals surface area contributed by atoms with E-state index < -0.39 is 12.1 Å². The molecule has 2 aromatic rings. The van der Waals surface area contributed by atoms with Gasteiger partial charge in [0.15, 0.2) is 0 Å². The van der Waals surface area contributed by atoms with E-state index in [1.54, 1.807) is 6.92 Å². The monoisotopic (exact) mass is 349 g/mol. The van der Waals surface area contributed by atoms with Crippen LogP contribution >= 0.6 is 0 Å². The maximum Gasteiger partial charge on any atom is 0.243 e. The van der Waals surface area contributed by atoms with Crippen molar-refractivity contribution in [2.24, 2.45) is 5.73 Å². The van der Waals surface area contributed by atoms with E-state index in [2.05, 4.69) is 16.7 Å². The SMILES string of the molecule is C[C@H](N)C(=O)N[C@H]1CC(c2ccccc2)=C[C@H](c2ccccc2)NC1=O. The van der Waals surface area contributed by atoms with Gasteiger partial charge in [-0.05, 0) is 23.6 Å². The van der Waals surface area contributed by atoms with Gasteiger partial charge >= 0.3 is 0 Å². The fraction of sp³-hybridized carbons (Fsp3) is 0.238. The Hall–Kier alpha value is -2.92. The quantitative estimate of drug-likeness (QED) is 0.791. The summed E-state index contributed by atoms with van der Waals surface area (Å²) in [5, 5.41) is 5.78. The zero-order valence-corrected chi connectivity index (χ0v) is 14.7. The molecular formula is C21H23N3O2. The molecule has 0 aromatic heterocycles. The Balaban J connectivity index is 1.95. The molecule has 4 N–H and O–H groups in total. The number of hydrogen-bond donors (Lipinski definition) is 3. The predicted molar refractivity (Wildman–Crippen MR) is 102 cm³/mol. The van der Waals surface area contributed by atoms with Crippen LogP contribution in [0.5, 0.6) is 0 Å². The third kappa shape index (κ3) is 4.18. The minimum atomic E-state index is -0.667. The highest BCUT2D eigenvalue weighted by molar-refractivity contribution is 5.92. The van der Waals surface area contributed by atoms with E-state index in [-0.39, 0.29) is 17.9 Å². The minimum absolute atomic E-state index is 0.213. The zero-order valence-electron chi connectivity index (χ0n) is 14.7. The Morgan fingerprint density at radius 3 is 2.35 bits per heavy atom. The first-order valence-corrected chi connectivity index (χ1v) is 8.72. The lowest BCUT2D eigenvalue weighted by Crippen LogP contribution is -2.50. The molecular weight excluding hydrogens is 326 g/mol. The summed E-state index contributed by atoms with van der Waals surface area (Å²) in [5.41, 5.74) is 8.68. The molecule has 26 heavy (non-hydrogen) atoms. The van der Waals surface area contributed by atoms with Gasteiger partial charge in [0.05, 0.1) is 12.1 Å². The molecule has 134 valence electrons. The Labute approximate surface area is 153 Å². The number of carbonyl (C=O) groups excluding carboxylic acids is 2. The van der Waals surface area contributed by atoms with Crippen molar-refractivity contribution in [3.05, 3.63) is 77.9 Å². The molecule has 3 rings (SSSR count). The molecule has 0 bridgehead atoms. The number of benzene rings is 2. The van der Waals surface area contributed by atoms with Crippen LogP contribution in [-0.2, 0) is 9.59 Å². The molecule has 0 saturated carbocycles. The highest BCUT2D eigenvalue weighted by Crippen LogP contribution is 2.28. The first-order chi connectivity index (χ1) is 12.5. The van der Waals surface area contributed by atoms with Crippen molar-refractivity contribution in [1.29, 1.82) is 0 Å². The lowest BCUT2D eigenvalue weighted by atomic mass is 9.96. The molecule has 1 heterocycles. The molecule has 0 unspecified atom stereocenters. The standard InChI is InChI=1S/C21H23N3O2/c1-14(22)20(25)24-19-13-17(15-8-4-2-5-9-15)12-18(23-21(19)26)16-10-6-3-7-11-16/h2-12,14,18-19H,13,22H2,1H3,(H,23,26)(H,24,25)/t14-,18+,19-/m0/s1. The number of carbonyl (C=O) groups is 2. The lowest BCUT2D eigenvalue weighted by molar-refractivity contribution is -0.129. The van der Waals surface area contributed by atoms with E-state index in [9.17, 15) is 9.59 Å². The Morgan fingerprint density at radius 1 is 1.12 bits per heavy atom. The molecule has 1 aliphatic heterocycles. The number of nitrogens with two attached hydrogens (primary N) is 1. The number of rotatable bonds is 4. The van der Waals surface area contributed by atoms with Gasteiger partial charge in [0.25, 0.3) is 0 Å². The van der Waals surface area contributed by atoms with Gasteiger partial charge in [0, 0.05) is 6.42 Å². The number of hydrogen-bond acceptors (Lipinski definition) is 3. The van der Waals surface area contributed by atoms with Gasteiger partial charge in [-0.25, -0.2) is 0 Å². The van der Waals surface area contributed by atoms with Crippen LogP contribution in [0.2, 0.25) is 0 Å². The number of nitrogens with one attached hydrogen (secondary N) is 2. The maximum atomic E-state index is 12.7. The summed E-state index contributed by atoms with van der Waals surface area (Å²) in [4.78, 5) is 24.8. The van der Waals surface area contributed by atoms with Crippen LogP contribution in [0.1, 0.15) is 30.5 Å². The van der Waals surface area contributed by atoms with Gasteiger partial charge in [0.2, 0.25) is 11.8 Å². The third-order valence-electron chi connectivity index (χ3n) is 4.44. The predicted octanol–water partition coefficient (Wildman–Crippen LogP) is 2.16. The first kappa shape index (κ1) is 17.9. The van der Waals surface area contributed by atoms with Gasteiger partial charge in [-0.1, -0.05) is 66.7 Å². The van der Waals surface area contributed by atoms with Crippen LogP contribution in [0, 0.1) is 0 Å². The number of amides is 2. The van der Waals surface area contributed by atoms with E-state index in [1.165, 1.54) is 0 Å². The highest BCUT2D eigenvalue weighted by atomic mass is 16.2. The average Bonchev–Trinajstić information content (AvgIpc) is 2.82. The second-order valence-electron chi connectivity index (χ2n) is 6.51. The summed E-state index contributed by atoms with van der Waals surface area (Å²) in [6, 6.07) is 18.1. The van der Waals surface area contributed by atoms with Crippen LogP contribution in [0.4, 0.5) is 0 Å². The summed E-state index contributed by atoms with van der Waals surface area (Å²) in [7, 11) is 0. The normalized spacial score (nSPS) is 21.2. The Bertz CT molecular complexity index is 801. The molecule has 0 spiro atoms. The van der Waals surface area contributed by atoms with Crippen LogP contribution < -0.4 is 16.4 Å². The average molecular weight is 349 g/mol. The van der Waals surface area contributed by atoms with Crippen LogP contribution in [0.15, 0.2) is 66.7 Å². The largest absolute Gasteiger partial charge is 0.344 e. The summed E-state index contributed by atoms with van der Waals surface area (Å²) < 4.78 is 0. The molecule has 3 atom stereocenters. The van der Waals surface area contributed by atoms with Gasteiger partial charge in [-0.2, -0.15) is 0 Å². The van der Waals surface area contributed by atoms with Gasteiger partial charge in [-0.15, -0.1) is 0 Å². The second-order valence-corrected chi connectivity index (χ2v) is 6.51. The topological polar surface area (TPSA) is 84.2 Å². The van der Waals surface area contributed by atoms with Gasteiger partial charge < -0.3 is 16.4 Å². The molecule has 2 amide bonds. The third-order valence-corrected chi connectivity index (χ3v) is 4.44. The minimum Gasteiger partial charge on any atom is -0.344 e. The molecule has 5 heteroatoms. The van der Waals surface area contributed by atoms with E-state index in [0.29, 0.717) is 6.42 Å². The van der Waals surface area contributed by atoms with Crippen molar-refractivity contribution < 1.29 is 9.59 Å². The summed E-state index contributed by atoms with van der Waals surface area (Å²) in [6.07, 6.45) is 2.47. The van der Waals surface area contributed by atoms with E-state index >= 15 is 0 Å². The van der Waals surface area contributed by atoms with Crippen LogP contribution in [0.25, 0.3) is 5.57 Å². The Kier molecular flexibility index (Phi) is 5.49. The zero-order chi connectivity index (χ0) is 18.5. The molecule has 0 fully saturated rings. The smallest absolute Gasteiger partial charge is 0.243 e. The van der Waals surface area contributed by atoms with Gasteiger partial charge in [0.1, 0.15) is 6.04 Å². The van der Waals surface area contributed by atoms with Crippen molar-refractivity contribution in [1.82, 2.24) is 10.6 Å². The fourth-order valence-corrected chi connectivity index (χ4v) is 3.00. The van der Waals surface area contributed by atoms with Crippen molar-refractivity contribution in [2.45, 2.75) is 31.5 Å². The molecule has 5 nitrogen and oxygen atoms in total. The maximum absolute atomic E-state index is 12.7. The van der Waals surface area contributed by atoms with Crippen LogP contribution in [-0.4, -0.2) is 23.9 Å². The van der Waals surface area contributed by atoms with Crippen molar-refractivity contribution in [3.63, 3.8) is 0 Å². The van der Waals surface area contributed by atoms with E-state index in [4.69, 9.17) is 5.73 Å². The highest BCUT2D eigenvalue weighted by Gasteiger charge is 2.29. The first-order valence-electron chi connectivity index (χ1n) is 8.72. The van der Waals surface area contributed by atoms with E-state index in [1.807, 2.05) is 60.7 Å². The summed E-state index contributed by atoms with van der Waals surface area (Å²) >= 11 is 0. The van der Waals surface area contributed by atoms with Crippen molar-refractivity contribution in [2.75, 3.05) is 0 Å². The molecule has 0 aliphatic carbocycles. The molecule has 2 aromatic carbocycles. The van der Waals surface area contributed by atoms with Crippen molar-refractivity contribution in [3.8, 4) is 0 Å². The van der Waals surface area contributed by atoms with Crippen molar-refractivity contribution >= 4 is 17.4 Å². The lowest BCUT2D eigenvalue weighted by Gasteiger charge is -2.19. The second kappa shape index (κ2) is 7.97. The molecule has 0 saturated heterocycles. The van der Waals surface area contributed by atoms with Crippen LogP contribution in [0.3, 0.4) is 0 Å². The summed E-state index contributed by atoms with van der Waals surface area (Å²) in [6.45, 7) is 1.60. The fourth-order valence-electron chi connectivity index (χ4n) is 3.00. The molecule has 0 radical (unpaired) electrons. The van der Waals surface area contributed by atoms with E-state index in [0.717, 1.165) is 16.7 Å².